The zero-order valence-corrected chi connectivity index (χ0v) is 13.4. The van der Waals surface area contributed by atoms with Gasteiger partial charge in [-0.05, 0) is 64.0 Å². The third-order valence-corrected chi connectivity index (χ3v) is 5.14. The van der Waals surface area contributed by atoms with Gasteiger partial charge >= 0.3 is 0 Å². The number of hydrogen-bond acceptors (Lipinski definition) is 3. The van der Waals surface area contributed by atoms with Crippen LogP contribution in [0.15, 0.2) is 0 Å². The molecule has 0 spiro atoms. The molecule has 1 aliphatic rings. The van der Waals surface area contributed by atoms with Crippen molar-refractivity contribution in [1.82, 2.24) is 4.90 Å². The van der Waals surface area contributed by atoms with Crippen LogP contribution in [0, 0.1) is 5.41 Å². The summed E-state index contributed by atoms with van der Waals surface area (Å²) in [7, 11) is 2.24. The van der Waals surface area contributed by atoms with Gasteiger partial charge in [-0.25, -0.2) is 0 Å². The molecule has 3 N–H and O–H groups in total. The minimum Gasteiger partial charge on any atom is -0.394 e. The predicted octanol–water partition coefficient (Wildman–Crippen LogP) is 2.77. The van der Waals surface area contributed by atoms with Crippen molar-refractivity contribution in [3.63, 3.8) is 0 Å². The maximum absolute atomic E-state index is 9.32. The van der Waals surface area contributed by atoms with Gasteiger partial charge in [0.25, 0.3) is 0 Å². The smallest absolute Gasteiger partial charge is 0.0611 e. The summed E-state index contributed by atoms with van der Waals surface area (Å²) in [6.45, 7) is 8.03. The molecule has 0 aromatic heterocycles. The van der Waals surface area contributed by atoms with Gasteiger partial charge in [-0.2, -0.15) is 0 Å². The highest BCUT2D eigenvalue weighted by molar-refractivity contribution is 4.84. The quantitative estimate of drug-likeness (QED) is 0.748. The zero-order valence-electron chi connectivity index (χ0n) is 13.4. The first-order valence-corrected chi connectivity index (χ1v) is 7.92. The maximum atomic E-state index is 9.32. The minimum atomic E-state index is -0.366. The fourth-order valence-corrected chi connectivity index (χ4v) is 3.06. The average molecular weight is 270 g/mol. The van der Waals surface area contributed by atoms with E-state index >= 15 is 0 Å². The van der Waals surface area contributed by atoms with Crippen LogP contribution in [0.5, 0.6) is 0 Å². The molecule has 1 saturated carbocycles. The summed E-state index contributed by atoms with van der Waals surface area (Å²) in [5.74, 6) is 0. The summed E-state index contributed by atoms with van der Waals surface area (Å²) >= 11 is 0. The molecule has 0 heterocycles. The van der Waals surface area contributed by atoms with Crippen LogP contribution in [0.1, 0.15) is 65.7 Å². The Labute approximate surface area is 119 Å². The van der Waals surface area contributed by atoms with Crippen LogP contribution >= 0.6 is 0 Å². The molecule has 0 amide bonds. The lowest BCUT2D eigenvalue weighted by Crippen LogP contribution is -2.44. The Morgan fingerprint density at radius 3 is 2.37 bits per heavy atom. The molecule has 1 unspecified atom stereocenters. The van der Waals surface area contributed by atoms with Crippen molar-refractivity contribution in [2.24, 2.45) is 11.1 Å². The highest BCUT2D eigenvalue weighted by atomic mass is 16.3. The Balaban J connectivity index is 2.27. The molecule has 1 atom stereocenters. The molecule has 3 heteroatoms. The van der Waals surface area contributed by atoms with Gasteiger partial charge in [0.1, 0.15) is 0 Å². The van der Waals surface area contributed by atoms with Crippen molar-refractivity contribution in [2.75, 3.05) is 20.2 Å². The van der Waals surface area contributed by atoms with E-state index in [0.29, 0.717) is 5.41 Å². The summed E-state index contributed by atoms with van der Waals surface area (Å²) < 4.78 is 0. The molecule has 0 bridgehead atoms. The maximum Gasteiger partial charge on any atom is 0.0611 e. The van der Waals surface area contributed by atoms with E-state index in [1.54, 1.807) is 0 Å². The molecule has 0 aromatic rings. The molecule has 0 aromatic carbocycles. The number of hydrogen-bond donors (Lipinski definition) is 2. The third kappa shape index (κ3) is 5.41. The van der Waals surface area contributed by atoms with Crippen molar-refractivity contribution in [2.45, 2.75) is 77.3 Å². The van der Waals surface area contributed by atoms with E-state index in [1.165, 1.54) is 25.7 Å². The molecule has 0 saturated heterocycles. The van der Waals surface area contributed by atoms with Gasteiger partial charge in [-0.3, -0.25) is 0 Å². The minimum absolute atomic E-state index is 0.102. The summed E-state index contributed by atoms with van der Waals surface area (Å²) in [5.41, 5.74) is 6.31. The number of aliphatic hydroxyl groups is 1. The molecule has 114 valence electrons. The van der Waals surface area contributed by atoms with Gasteiger partial charge in [0.2, 0.25) is 0 Å². The van der Waals surface area contributed by atoms with Gasteiger partial charge in [0.05, 0.1) is 6.61 Å². The monoisotopic (exact) mass is 270 g/mol. The average Bonchev–Trinajstić information content (AvgIpc) is 2.38. The largest absolute Gasteiger partial charge is 0.394 e. The predicted molar refractivity (Wildman–Crippen MR) is 82.2 cm³/mol. The van der Waals surface area contributed by atoms with Gasteiger partial charge in [0.15, 0.2) is 0 Å². The molecule has 1 rings (SSSR count). The Morgan fingerprint density at radius 2 is 1.89 bits per heavy atom. The highest BCUT2D eigenvalue weighted by Gasteiger charge is 2.29. The van der Waals surface area contributed by atoms with Crippen molar-refractivity contribution in [1.29, 1.82) is 0 Å². The van der Waals surface area contributed by atoms with E-state index in [1.807, 2.05) is 0 Å². The SMILES string of the molecule is CCC(N)(CO)CCCN(C)C1CCC(C)(C)CC1. The van der Waals surface area contributed by atoms with E-state index in [0.717, 1.165) is 31.8 Å². The molecule has 1 aliphatic carbocycles. The van der Waals surface area contributed by atoms with Gasteiger partial charge in [-0.1, -0.05) is 20.8 Å². The highest BCUT2D eigenvalue weighted by Crippen LogP contribution is 2.36. The molecular weight excluding hydrogens is 236 g/mol. The van der Waals surface area contributed by atoms with E-state index in [9.17, 15) is 5.11 Å². The molecule has 19 heavy (non-hydrogen) atoms. The second-order valence-corrected chi connectivity index (χ2v) is 7.35. The van der Waals surface area contributed by atoms with E-state index < -0.39 is 0 Å². The van der Waals surface area contributed by atoms with Crippen LogP contribution in [-0.2, 0) is 0 Å². The Morgan fingerprint density at radius 1 is 1.32 bits per heavy atom. The lowest BCUT2D eigenvalue weighted by atomic mass is 9.75. The fraction of sp³-hybridized carbons (Fsp3) is 1.00. The Kier molecular flexibility index (Phi) is 6.28. The van der Waals surface area contributed by atoms with Crippen molar-refractivity contribution in [3.05, 3.63) is 0 Å². The number of nitrogens with two attached hydrogens (primary N) is 1. The van der Waals surface area contributed by atoms with Gasteiger partial charge in [-0.15, -0.1) is 0 Å². The molecule has 0 radical (unpaired) electrons. The second-order valence-electron chi connectivity index (χ2n) is 7.35. The van der Waals surface area contributed by atoms with Crippen molar-refractivity contribution >= 4 is 0 Å². The summed E-state index contributed by atoms with van der Waals surface area (Å²) in [6, 6.07) is 0.746. The first kappa shape index (κ1) is 16.9. The first-order chi connectivity index (χ1) is 8.82. The zero-order chi connectivity index (χ0) is 14.5. The lowest BCUT2D eigenvalue weighted by Gasteiger charge is -2.39. The summed E-state index contributed by atoms with van der Waals surface area (Å²) in [5, 5.41) is 9.32. The lowest BCUT2D eigenvalue weighted by molar-refractivity contribution is 0.120. The summed E-state index contributed by atoms with van der Waals surface area (Å²) in [6.07, 6.45) is 8.19. The number of aliphatic hydroxyl groups excluding tert-OH is 1. The first-order valence-electron chi connectivity index (χ1n) is 7.92. The van der Waals surface area contributed by atoms with Crippen molar-refractivity contribution < 1.29 is 5.11 Å². The van der Waals surface area contributed by atoms with E-state index in [-0.39, 0.29) is 12.1 Å². The van der Waals surface area contributed by atoms with Crippen LogP contribution in [0.25, 0.3) is 0 Å². The molecular formula is C16H34N2O. The summed E-state index contributed by atoms with van der Waals surface area (Å²) in [4.78, 5) is 2.50. The van der Waals surface area contributed by atoms with Crippen LogP contribution in [-0.4, -0.2) is 41.8 Å². The number of nitrogens with zero attached hydrogens (tertiary/aromatic N) is 1. The second kappa shape index (κ2) is 7.05. The molecule has 1 fully saturated rings. The number of rotatable bonds is 7. The van der Waals surface area contributed by atoms with Crippen LogP contribution in [0.3, 0.4) is 0 Å². The molecule has 0 aliphatic heterocycles. The van der Waals surface area contributed by atoms with E-state index in [4.69, 9.17) is 5.73 Å². The normalized spacial score (nSPS) is 23.5. The standard InChI is InChI=1S/C16H34N2O/c1-5-16(17,13-19)9-6-12-18(4)14-7-10-15(2,3)11-8-14/h14,19H,5-13,17H2,1-4H3. The van der Waals surface area contributed by atoms with Gasteiger partial charge < -0.3 is 15.7 Å². The van der Waals surface area contributed by atoms with Gasteiger partial charge in [0, 0.05) is 11.6 Å². The van der Waals surface area contributed by atoms with Crippen LogP contribution in [0.2, 0.25) is 0 Å². The van der Waals surface area contributed by atoms with E-state index in [2.05, 4.69) is 32.7 Å². The Hall–Kier alpha value is -0.120. The van der Waals surface area contributed by atoms with Crippen LogP contribution in [0.4, 0.5) is 0 Å². The third-order valence-electron chi connectivity index (χ3n) is 5.14. The topological polar surface area (TPSA) is 49.5 Å². The van der Waals surface area contributed by atoms with Crippen LogP contribution < -0.4 is 5.73 Å². The molecule has 3 nitrogen and oxygen atoms in total. The fourth-order valence-electron chi connectivity index (χ4n) is 3.06. The van der Waals surface area contributed by atoms with Crippen molar-refractivity contribution in [3.8, 4) is 0 Å². The Bertz CT molecular complexity index is 251.